The van der Waals surface area contributed by atoms with E-state index in [9.17, 15) is 9.59 Å². The predicted molar refractivity (Wildman–Crippen MR) is 131 cm³/mol. The molecule has 2 aliphatic rings. The average Bonchev–Trinajstić information content (AvgIpc) is 3.31. The van der Waals surface area contributed by atoms with Gasteiger partial charge < -0.3 is 15.0 Å². The quantitative estimate of drug-likeness (QED) is 0.657. The number of nitrogens with zero attached hydrogens (tertiary/aromatic N) is 2. The third kappa shape index (κ3) is 5.69. The molecule has 2 aromatic carbocycles. The molecule has 0 aromatic heterocycles. The summed E-state index contributed by atoms with van der Waals surface area (Å²) in [5, 5.41) is 4.05. The van der Waals surface area contributed by atoms with E-state index in [0.717, 1.165) is 37.1 Å². The maximum atomic E-state index is 12.8. The molecule has 33 heavy (non-hydrogen) atoms. The average molecular weight is 490 g/mol. The third-order valence-corrected chi connectivity index (χ3v) is 6.86. The van der Waals surface area contributed by atoms with Gasteiger partial charge in [0, 0.05) is 60.1 Å². The minimum atomic E-state index is -0.278. The number of benzene rings is 2. The summed E-state index contributed by atoms with van der Waals surface area (Å²) in [6, 6.07) is 10.7. The normalized spacial score (nSPS) is 21.3. The Balaban J connectivity index is 1.43. The molecule has 2 atom stereocenters. The smallest absolute Gasteiger partial charge is 0.255 e. The highest BCUT2D eigenvalue weighted by molar-refractivity contribution is 6.31. The molecule has 0 saturated carbocycles. The Hall–Kier alpha value is -2.12. The molecule has 2 heterocycles. The van der Waals surface area contributed by atoms with E-state index in [1.165, 1.54) is 0 Å². The van der Waals surface area contributed by atoms with E-state index in [-0.39, 0.29) is 24.0 Å². The van der Waals surface area contributed by atoms with Crippen molar-refractivity contribution in [1.82, 2.24) is 9.80 Å². The minimum Gasteiger partial charge on any atom is -0.368 e. The maximum Gasteiger partial charge on any atom is 0.255 e. The molecule has 2 saturated heterocycles. The number of carbonyl (C=O) groups is 2. The molecule has 0 spiro atoms. The van der Waals surface area contributed by atoms with Crippen LogP contribution in [0, 0.1) is 6.92 Å². The summed E-state index contributed by atoms with van der Waals surface area (Å²) >= 11 is 12.4. The summed E-state index contributed by atoms with van der Waals surface area (Å²) in [4.78, 5) is 29.8. The van der Waals surface area contributed by atoms with Crippen molar-refractivity contribution < 1.29 is 14.3 Å². The number of piperazine rings is 1. The first-order chi connectivity index (χ1) is 15.8. The molecule has 2 aromatic rings. The van der Waals surface area contributed by atoms with E-state index in [1.54, 1.807) is 30.3 Å². The van der Waals surface area contributed by atoms with Crippen LogP contribution in [0.2, 0.25) is 10.0 Å². The van der Waals surface area contributed by atoms with Crippen LogP contribution in [0.15, 0.2) is 36.4 Å². The highest BCUT2D eigenvalue weighted by Gasteiger charge is 2.34. The monoisotopic (exact) mass is 489 g/mol. The number of rotatable bonds is 5. The number of hydrogen-bond acceptors (Lipinski definition) is 4. The Labute approximate surface area is 204 Å². The summed E-state index contributed by atoms with van der Waals surface area (Å²) in [6.45, 7) is 7.67. The highest BCUT2D eigenvalue weighted by atomic mass is 35.5. The van der Waals surface area contributed by atoms with Crippen LogP contribution in [-0.4, -0.2) is 60.0 Å². The van der Waals surface area contributed by atoms with Crippen LogP contribution in [0.3, 0.4) is 0 Å². The van der Waals surface area contributed by atoms with Gasteiger partial charge in [0.2, 0.25) is 0 Å². The molecule has 2 amide bonds. The first-order valence-corrected chi connectivity index (χ1v) is 12.1. The van der Waals surface area contributed by atoms with Crippen molar-refractivity contribution in [3.8, 4) is 0 Å². The first-order valence-electron chi connectivity index (χ1n) is 11.3. The number of carbonyl (C=O) groups excluding carboxylic acids is 2. The van der Waals surface area contributed by atoms with Crippen molar-refractivity contribution in [2.75, 3.05) is 31.6 Å². The second-order valence-corrected chi connectivity index (χ2v) is 9.69. The standard InChI is InChI=1S/C25H29Cl2N3O3/c1-16-14-29(8-9-30(16)25(32)23-7-4-10-33-23)15-19-12-21(27)13-22(17(19)2)28-24(31)18-5-3-6-20(26)11-18/h3,5-6,11-13,16,23H,4,7-10,14-15H2,1-2H3,(H,28,31)/t16-,23+/m0/s1. The Kier molecular flexibility index (Phi) is 7.59. The van der Waals surface area contributed by atoms with E-state index < -0.39 is 0 Å². The number of hydrogen-bond donors (Lipinski definition) is 1. The van der Waals surface area contributed by atoms with Crippen molar-refractivity contribution in [2.45, 2.75) is 45.4 Å². The number of amides is 2. The Morgan fingerprint density at radius 2 is 1.97 bits per heavy atom. The van der Waals surface area contributed by atoms with Gasteiger partial charge in [-0.3, -0.25) is 14.5 Å². The highest BCUT2D eigenvalue weighted by Crippen LogP contribution is 2.28. The molecule has 0 radical (unpaired) electrons. The van der Waals surface area contributed by atoms with Crippen LogP contribution >= 0.6 is 23.2 Å². The summed E-state index contributed by atoms with van der Waals surface area (Å²) in [6.07, 6.45) is 1.49. The van der Waals surface area contributed by atoms with Crippen LogP contribution in [0.5, 0.6) is 0 Å². The lowest BCUT2D eigenvalue weighted by atomic mass is 10.0. The zero-order chi connectivity index (χ0) is 23.5. The van der Waals surface area contributed by atoms with Gasteiger partial charge in [0.15, 0.2) is 0 Å². The van der Waals surface area contributed by atoms with Gasteiger partial charge in [0.1, 0.15) is 6.10 Å². The summed E-state index contributed by atoms with van der Waals surface area (Å²) in [5.41, 5.74) is 3.20. The van der Waals surface area contributed by atoms with Gasteiger partial charge in [-0.1, -0.05) is 29.3 Å². The minimum absolute atomic E-state index is 0.108. The lowest BCUT2D eigenvalue weighted by molar-refractivity contribution is -0.145. The number of halogens is 2. The second kappa shape index (κ2) is 10.4. The van der Waals surface area contributed by atoms with Crippen molar-refractivity contribution in [1.29, 1.82) is 0 Å². The van der Waals surface area contributed by atoms with Gasteiger partial charge in [-0.2, -0.15) is 0 Å². The lowest BCUT2D eigenvalue weighted by Crippen LogP contribution is -2.55. The Morgan fingerprint density at radius 1 is 1.15 bits per heavy atom. The lowest BCUT2D eigenvalue weighted by Gasteiger charge is -2.41. The maximum absolute atomic E-state index is 12.8. The molecule has 8 heteroatoms. The van der Waals surface area contributed by atoms with Crippen molar-refractivity contribution in [2.24, 2.45) is 0 Å². The van der Waals surface area contributed by atoms with E-state index in [1.807, 2.05) is 17.9 Å². The van der Waals surface area contributed by atoms with Crippen LogP contribution in [0.25, 0.3) is 0 Å². The molecule has 0 unspecified atom stereocenters. The molecule has 0 bridgehead atoms. The van der Waals surface area contributed by atoms with Crippen molar-refractivity contribution >= 4 is 40.7 Å². The molecular formula is C25H29Cl2N3O3. The molecule has 0 aliphatic carbocycles. The SMILES string of the molecule is Cc1c(CN2CCN(C(=O)[C@H]3CCCO3)[C@@H](C)C2)cc(Cl)cc1NC(=O)c1cccc(Cl)c1. The summed E-state index contributed by atoms with van der Waals surface area (Å²) < 4.78 is 5.59. The van der Waals surface area contributed by atoms with Crippen LogP contribution in [0.1, 0.15) is 41.3 Å². The van der Waals surface area contributed by atoms with Gasteiger partial charge in [-0.25, -0.2) is 0 Å². The molecule has 4 rings (SSSR count). The van der Waals surface area contributed by atoms with Crippen molar-refractivity contribution in [3.63, 3.8) is 0 Å². The first kappa shape index (κ1) is 24.0. The molecule has 6 nitrogen and oxygen atoms in total. The van der Waals surface area contributed by atoms with Gasteiger partial charge in [0.25, 0.3) is 11.8 Å². The fourth-order valence-corrected chi connectivity index (χ4v) is 4.99. The molecule has 176 valence electrons. The summed E-state index contributed by atoms with van der Waals surface area (Å²) in [5.74, 6) is -0.117. The van der Waals surface area contributed by atoms with Crippen LogP contribution < -0.4 is 5.32 Å². The van der Waals surface area contributed by atoms with E-state index in [0.29, 0.717) is 41.0 Å². The summed E-state index contributed by atoms with van der Waals surface area (Å²) in [7, 11) is 0. The number of anilines is 1. The van der Waals surface area contributed by atoms with E-state index in [4.69, 9.17) is 27.9 Å². The zero-order valence-corrected chi connectivity index (χ0v) is 20.5. The Bertz CT molecular complexity index is 1040. The predicted octanol–water partition coefficient (Wildman–Crippen LogP) is 4.77. The zero-order valence-electron chi connectivity index (χ0n) is 18.9. The van der Waals surface area contributed by atoms with Gasteiger partial charge >= 0.3 is 0 Å². The fraction of sp³-hybridized carbons (Fsp3) is 0.440. The van der Waals surface area contributed by atoms with Gasteiger partial charge in [-0.15, -0.1) is 0 Å². The fourth-order valence-electron chi connectivity index (χ4n) is 4.56. The molecule has 2 aliphatic heterocycles. The van der Waals surface area contributed by atoms with E-state index in [2.05, 4.69) is 17.1 Å². The van der Waals surface area contributed by atoms with Crippen LogP contribution in [-0.2, 0) is 16.1 Å². The van der Waals surface area contributed by atoms with Crippen LogP contribution in [0.4, 0.5) is 5.69 Å². The number of nitrogens with one attached hydrogen (secondary N) is 1. The topological polar surface area (TPSA) is 61.9 Å². The number of ether oxygens (including phenoxy) is 1. The van der Waals surface area contributed by atoms with E-state index >= 15 is 0 Å². The molecule has 2 fully saturated rings. The Morgan fingerprint density at radius 3 is 2.67 bits per heavy atom. The molecule has 1 N–H and O–H groups in total. The third-order valence-electron chi connectivity index (χ3n) is 6.41. The second-order valence-electron chi connectivity index (χ2n) is 8.82. The largest absolute Gasteiger partial charge is 0.368 e. The van der Waals surface area contributed by atoms with Gasteiger partial charge in [-0.05, 0) is 68.1 Å². The molecular weight excluding hydrogens is 461 g/mol. The van der Waals surface area contributed by atoms with Gasteiger partial charge in [0.05, 0.1) is 0 Å². The van der Waals surface area contributed by atoms with Crippen molar-refractivity contribution in [3.05, 3.63) is 63.1 Å².